The summed E-state index contributed by atoms with van der Waals surface area (Å²) < 4.78 is 5.45. The summed E-state index contributed by atoms with van der Waals surface area (Å²) in [6, 6.07) is 2.92. The maximum absolute atomic E-state index is 12.3. The zero-order chi connectivity index (χ0) is 17.9. The van der Waals surface area contributed by atoms with E-state index in [2.05, 4.69) is 4.98 Å². The van der Waals surface area contributed by atoms with E-state index >= 15 is 0 Å². The normalized spacial score (nSPS) is 17.7. The number of amides is 1. The third-order valence-corrected chi connectivity index (χ3v) is 3.81. The van der Waals surface area contributed by atoms with Gasteiger partial charge in [-0.05, 0) is 39.7 Å². The van der Waals surface area contributed by atoms with Crippen molar-refractivity contribution in [2.45, 2.75) is 45.3 Å². The van der Waals surface area contributed by atoms with Crippen molar-refractivity contribution in [1.29, 1.82) is 0 Å². The highest BCUT2D eigenvalue weighted by Gasteiger charge is 2.33. The fourth-order valence-electron chi connectivity index (χ4n) is 2.81. The number of hydrogen-bond donors (Lipinski definition) is 0. The van der Waals surface area contributed by atoms with Gasteiger partial charge >= 0.3 is 11.8 Å². The summed E-state index contributed by atoms with van der Waals surface area (Å²) in [5, 5.41) is 11.1. The summed E-state index contributed by atoms with van der Waals surface area (Å²) in [5.74, 6) is 0.304. The second kappa shape index (κ2) is 7.02. The first kappa shape index (κ1) is 18.0. The number of likely N-dealkylation sites (tertiary alicyclic amines) is 1. The van der Waals surface area contributed by atoms with Crippen LogP contribution in [0.1, 0.15) is 33.6 Å². The number of nitrogens with zero attached hydrogens (tertiary/aromatic N) is 4. The fraction of sp³-hybridized carbons (Fsp3) is 0.625. The molecule has 1 fully saturated rings. The smallest absolute Gasteiger partial charge is 0.410 e. The predicted molar refractivity (Wildman–Crippen MR) is 90.1 cm³/mol. The molecule has 24 heavy (non-hydrogen) atoms. The van der Waals surface area contributed by atoms with E-state index in [1.807, 2.05) is 20.8 Å². The van der Waals surface area contributed by atoms with Crippen LogP contribution >= 0.6 is 0 Å². The minimum Gasteiger partial charge on any atom is -0.444 e. The Morgan fingerprint density at radius 1 is 1.54 bits per heavy atom. The van der Waals surface area contributed by atoms with Crippen LogP contribution in [0.15, 0.2) is 18.3 Å². The van der Waals surface area contributed by atoms with E-state index in [9.17, 15) is 14.9 Å². The summed E-state index contributed by atoms with van der Waals surface area (Å²) in [6.45, 7) is 6.60. The SMILES string of the molecule is CN(CC1CCCN1C(=O)OC(C)(C)C)c1ncccc1[N+](=O)[O-]. The summed E-state index contributed by atoms with van der Waals surface area (Å²) in [4.78, 5) is 30.6. The molecule has 2 heterocycles. The molecule has 1 amide bonds. The van der Waals surface area contributed by atoms with Crippen LogP contribution in [0.2, 0.25) is 0 Å². The van der Waals surface area contributed by atoms with Crippen molar-refractivity contribution in [3.05, 3.63) is 28.4 Å². The van der Waals surface area contributed by atoms with Gasteiger partial charge in [-0.2, -0.15) is 0 Å². The van der Waals surface area contributed by atoms with Gasteiger partial charge in [0.05, 0.1) is 11.0 Å². The molecule has 0 radical (unpaired) electrons. The van der Waals surface area contributed by atoms with E-state index in [0.717, 1.165) is 12.8 Å². The number of nitro groups is 1. The number of ether oxygens (including phenoxy) is 1. The van der Waals surface area contributed by atoms with Crippen molar-refractivity contribution >= 4 is 17.6 Å². The number of likely N-dealkylation sites (N-methyl/N-ethyl adjacent to an activating group) is 1. The second-order valence-corrected chi connectivity index (χ2v) is 6.95. The highest BCUT2D eigenvalue weighted by molar-refractivity contribution is 5.69. The average Bonchev–Trinajstić information content (AvgIpc) is 2.93. The molecule has 1 aliphatic heterocycles. The van der Waals surface area contributed by atoms with Crippen molar-refractivity contribution in [3.8, 4) is 0 Å². The van der Waals surface area contributed by atoms with Gasteiger partial charge in [-0.25, -0.2) is 9.78 Å². The Labute approximate surface area is 141 Å². The van der Waals surface area contributed by atoms with E-state index < -0.39 is 10.5 Å². The van der Waals surface area contributed by atoms with E-state index in [1.54, 1.807) is 16.8 Å². The highest BCUT2D eigenvalue weighted by Crippen LogP contribution is 2.27. The third-order valence-electron chi connectivity index (χ3n) is 3.81. The van der Waals surface area contributed by atoms with E-state index in [-0.39, 0.29) is 17.8 Å². The first-order valence-electron chi connectivity index (χ1n) is 7.99. The molecule has 1 aromatic heterocycles. The largest absolute Gasteiger partial charge is 0.444 e. The molecule has 1 saturated heterocycles. The van der Waals surface area contributed by atoms with Gasteiger partial charge in [-0.3, -0.25) is 10.1 Å². The molecule has 1 aliphatic rings. The van der Waals surface area contributed by atoms with Crippen molar-refractivity contribution < 1.29 is 14.5 Å². The van der Waals surface area contributed by atoms with E-state index in [0.29, 0.717) is 18.9 Å². The van der Waals surface area contributed by atoms with Gasteiger partial charge in [0.15, 0.2) is 0 Å². The van der Waals surface area contributed by atoms with Crippen molar-refractivity contribution in [1.82, 2.24) is 9.88 Å². The highest BCUT2D eigenvalue weighted by atomic mass is 16.6. The zero-order valence-electron chi connectivity index (χ0n) is 14.6. The van der Waals surface area contributed by atoms with Gasteiger partial charge < -0.3 is 14.5 Å². The molecule has 1 unspecified atom stereocenters. The summed E-state index contributed by atoms with van der Waals surface area (Å²) in [6.07, 6.45) is 2.92. The standard InChI is InChI=1S/C16H24N4O4/c1-16(2,3)24-15(21)19-10-6-7-12(19)11-18(4)14-13(20(22)23)8-5-9-17-14/h5,8-9,12H,6-7,10-11H2,1-4H3. The Balaban J connectivity index is 2.09. The number of hydrogen-bond acceptors (Lipinski definition) is 6. The average molecular weight is 336 g/mol. The molecule has 0 bridgehead atoms. The summed E-state index contributed by atoms with van der Waals surface area (Å²) >= 11 is 0. The Morgan fingerprint density at radius 3 is 2.88 bits per heavy atom. The lowest BCUT2D eigenvalue weighted by Gasteiger charge is -2.31. The number of pyridine rings is 1. The lowest BCUT2D eigenvalue weighted by Crippen LogP contribution is -2.44. The van der Waals surface area contributed by atoms with Crippen LogP contribution in [0.25, 0.3) is 0 Å². The Kier molecular flexibility index (Phi) is 5.26. The topological polar surface area (TPSA) is 88.8 Å². The van der Waals surface area contributed by atoms with Gasteiger partial charge in [0.1, 0.15) is 5.60 Å². The first-order valence-corrected chi connectivity index (χ1v) is 7.99. The Bertz CT molecular complexity index is 614. The third kappa shape index (κ3) is 4.33. The zero-order valence-corrected chi connectivity index (χ0v) is 14.6. The molecular weight excluding hydrogens is 312 g/mol. The monoisotopic (exact) mass is 336 g/mol. The molecule has 2 rings (SSSR count). The predicted octanol–water partition coefficient (Wildman–Crippen LogP) is 2.83. The van der Waals surface area contributed by atoms with Crippen LogP contribution in [0.4, 0.5) is 16.3 Å². The molecule has 0 aliphatic carbocycles. The van der Waals surface area contributed by atoms with Crippen molar-refractivity contribution in [3.63, 3.8) is 0 Å². The van der Waals surface area contributed by atoms with Crippen molar-refractivity contribution in [2.75, 3.05) is 25.0 Å². The minimum atomic E-state index is -0.546. The maximum atomic E-state index is 12.3. The maximum Gasteiger partial charge on any atom is 0.410 e. The number of anilines is 1. The Morgan fingerprint density at radius 2 is 2.25 bits per heavy atom. The molecule has 8 nitrogen and oxygen atoms in total. The number of aromatic nitrogens is 1. The molecule has 132 valence electrons. The molecule has 0 N–H and O–H groups in total. The summed E-state index contributed by atoms with van der Waals surface area (Å²) in [5.41, 5.74) is -0.586. The molecule has 1 atom stereocenters. The molecular formula is C16H24N4O4. The number of carbonyl (C=O) groups is 1. The summed E-state index contributed by atoms with van der Waals surface area (Å²) in [7, 11) is 1.75. The van der Waals surface area contributed by atoms with E-state index in [4.69, 9.17) is 4.74 Å². The Hall–Kier alpha value is -2.38. The number of carbonyl (C=O) groups excluding carboxylic acids is 1. The lowest BCUT2D eigenvalue weighted by molar-refractivity contribution is -0.384. The van der Waals surface area contributed by atoms with Crippen LogP contribution in [-0.4, -0.2) is 52.7 Å². The fourth-order valence-corrected chi connectivity index (χ4v) is 2.81. The molecule has 0 saturated carbocycles. The second-order valence-electron chi connectivity index (χ2n) is 6.95. The molecule has 0 aromatic carbocycles. The van der Waals surface area contributed by atoms with Gasteiger partial charge in [0.25, 0.3) is 0 Å². The van der Waals surface area contributed by atoms with Crippen LogP contribution in [0, 0.1) is 10.1 Å². The first-order chi connectivity index (χ1) is 11.2. The van der Waals surface area contributed by atoms with Crippen molar-refractivity contribution in [2.24, 2.45) is 0 Å². The lowest BCUT2D eigenvalue weighted by atomic mass is 10.2. The van der Waals surface area contributed by atoms with Crippen LogP contribution in [-0.2, 0) is 4.74 Å². The number of rotatable bonds is 4. The molecule has 0 spiro atoms. The van der Waals surface area contributed by atoms with E-state index in [1.165, 1.54) is 18.3 Å². The molecule has 1 aromatic rings. The van der Waals surface area contributed by atoms with Gasteiger partial charge in [0.2, 0.25) is 5.82 Å². The van der Waals surface area contributed by atoms with Crippen LogP contribution in [0.5, 0.6) is 0 Å². The van der Waals surface area contributed by atoms with Gasteiger partial charge in [-0.1, -0.05) is 0 Å². The van der Waals surface area contributed by atoms with Gasteiger partial charge in [0, 0.05) is 32.4 Å². The van der Waals surface area contributed by atoms with Crippen LogP contribution < -0.4 is 4.90 Å². The minimum absolute atomic E-state index is 0.0400. The quantitative estimate of drug-likeness (QED) is 0.620. The van der Waals surface area contributed by atoms with Crippen LogP contribution in [0.3, 0.4) is 0 Å². The van der Waals surface area contributed by atoms with Gasteiger partial charge in [-0.15, -0.1) is 0 Å². The molecule has 8 heteroatoms.